The average molecular weight is 293 g/mol. The second-order valence-corrected chi connectivity index (χ2v) is 4.68. The number of nitrogens with zero attached hydrogens (tertiary/aromatic N) is 1. The average Bonchev–Trinajstić information content (AvgIpc) is 2.97. The zero-order valence-electron chi connectivity index (χ0n) is 12.3. The van der Waals surface area contributed by atoms with E-state index < -0.39 is 0 Å². The van der Waals surface area contributed by atoms with Crippen molar-refractivity contribution in [1.82, 2.24) is 4.90 Å². The molecular formula is C15H19NO5. The molecule has 0 aliphatic carbocycles. The van der Waals surface area contributed by atoms with Crippen LogP contribution in [-0.2, 0) is 20.9 Å². The van der Waals surface area contributed by atoms with Gasteiger partial charge in [0.15, 0.2) is 11.5 Å². The highest BCUT2D eigenvalue weighted by atomic mass is 16.7. The van der Waals surface area contributed by atoms with Crippen LogP contribution in [-0.4, -0.2) is 37.2 Å². The lowest BCUT2D eigenvalue weighted by atomic mass is 10.1. The van der Waals surface area contributed by atoms with Crippen LogP contribution in [0.15, 0.2) is 18.2 Å². The largest absolute Gasteiger partial charge is 0.469 e. The molecule has 114 valence electrons. The van der Waals surface area contributed by atoms with E-state index in [2.05, 4.69) is 4.74 Å². The number of esters is 1. The fraction of sp³-hybridized carbons (Fsp3) is 0.467. The van der Waals surface area contributed by atoms with Crippen molar-refractivity contribution in [2.75, 3.05) is 20.4 Å². The van der Waals surface area contributed by atoms with Gasteiger partial charge in [0, 0.05) is 19.5 Å². The Labute approximate surface area is 123 Å². The smallest absolute Gasteiger partial charge is 0.307 e. The molecule has 6 nitrogen and oxygen atoms in total. The third-order valence-corrected chi connectivity index (χ3v) is 3.28. The molecule has 0 fully saturated rings. The van der Waals surface area contributed by atoms with Gasteiger partial charge in [0.25, 0.3) is 0 Å². The molecule has 0 saturated heterocycles. The molecule has 1 aromatic carbocycles. The molecule has 0 spiro atoms. The van der Waals surface area contributed by atoms with Crippen molar-refractivity contribution in [2.24, 2.45) is 0 Å². The van der Waals surface area contributed by atoms with E-state index in [1.165, 1.54) is 7.11 Å². The lowest BCUT2D eigenvalue weighted by Gasteiger charge is -2.22. The van der Waals surface area contributed by atoms with Crippen LogP contribution in [0.4, 0.5) is 0 Å². The zero-order chi connectivity index (χ0) is 15.2. The first-order valence-electron chi connectivity index (χ1n) is 6.87. The Morgan fingerprint density at radius 2 is 2.05 bits per heavy atom. The second kappa shape index (κ2) is 6.97. The maximum atomic E-state index is 12.0. The summed E-state index contributed by atoms with van der Waals surface area (Å²) in [4.78, 5) is 24.9. The molecule has 0 atom stereocenters. The molecule has 6 heteroatoms. The van der Waals surface area contributed by atoms with Crippen molar-refractivity contribution in [3.05, 3.63) is 23.8 Å². The highest BCUT2D eigenvalue weighted by molar-refractivity contribution is 5.77. The van der Waals surface area contributed by atoms with E-state index in [1.54, 1.807) is 11.8 Å². The first-order chi connectivity index (χ1) is 10.1. The minimum Gasteiger partial charge on any atom is -0.469 e. The van der Waals surface area contributed by atoms with Crippen LogP contribution in [0.1, 0.15) is 25.3 Å². The number of rotatable bonds is 6. The summed E-state index contributed by atoms with van der Waals surface area (Å²) in [5.74, 6) is 1.07. The number of methoxy groups -OCH3 is 1. The van der Waals surface area contributed by atoms with Crippen LogP contribution < -0.4 is 9.47 Å². The first-order valence-corrected chi connectivity index (χ1v) is 6.87. The minimum absolute atomic E-state index is 0.00318. The zero-order valence-corrected chi connectivity index (χ0v) is 12.3. The first kappa shape index (κ1) is 15.2. The number of carbonyl (C=O) groups is 2. The highest BCUT2D eigenvalue weighted by Crippen LogP contribution is 2.32. The van der Waals surface area contributed by atoms with Crippen molar-refractivity contribution in [3.8, 4) is 11.5 Å². The number of ether oxygens (including phenoxy) is 3. The standard InChI is InChI=1S/C15H19NO5/c1-3-14(17)16(7-6-15(18)19-2)9-11-4-5-12-13(8-11)21-10-20-12/h4-5,8H,3,6-7,9-10H2,1-2H3. The van der Waals surface area contributed by atoms with Crippen LogP contribution in [0, 0.1) is 0 Å². The van der Waals surface area contributed by atoms with E-state index in [0.717, 1.165) is 5.56 Å². The van der Waals surface area contributed by atoms with Gasteiger partial charge < -0.3 is 19.1 Å². The summed E-state index contributed by atoms with van der Waals surface area (Å²) >= 11 is 0. The topological polar surface area (TPSA) is 65.1 Å². The van der Waals surface area contributed by atoms with Crippen LogP contribution in [0.2, 0.25) is 0 Å². The summed E-state index contributed by atoms with van der Waals surface area (Å²) < 4.78 is 15.2. The number of hydrogen-bond acceptors (Lipinski definition) is 5. The van der Waals surface area contributed by atoms with Crippen LogP contribution >= 0.6 is 0 Å². The quantitative estimate of drug-likeness (QED) is 0.747. The van der Waals surface area contributed by atoms with Gasteiger partial charge in [-0.3, -0.25) is 9.59 Å². The third kappa shape index (κ3) is 3.87. The minimum atomic E-state index is -0.324. The molecule has 1 heterocycles. The van der Waals surface area contributed by atoms with Gasteiger partial charge in [-0.05, 0) is 17.7 Å². The molecule has 0 unspecified atom stereocenters. The van der Waals surface area contributed by atoms with Crippen molar-refractivity contribution in [1.29, 1.82) is 0 Å². The molecule has 1 aliphatic heterocycles. The SMILES string of the molecule is CCC(=O)N(CCC(=O)OC)Cc1ccc2c(c1)OCO2. The Morgan fingerprint density at radius 1 is 1.29 bits per heavy atom. The molecule has 0 radical (unpaired) electrons. The molecule has 2 rings (SSSR count). The summed E-state index contributed by atoms with van der Waals surface area (Å²) in [6, 6.07) is 5.57. The van der Waals surface area contributed by atoms with Crippen molar-refractivity contribution < 1.29 is 23.8 Å². The Hall–Kier alpha value is -2.24. The van der Waals surface area contributed by atoms with Gasteiger partial charge in [-0.25, -0.2) is 0 Å². The lowest BCUT2D eigenvalue weighted by molar-refractivity contribution is -0.141. The molecule has 0 N–H and O–H groups in total. The summed E-state index contributed by atoms with van der Waals surface area (Å²) in [6.45, 7) is 2.79. The van der Waals surface area contributed by atoms with Gasteiger partial charge in [-0.15, -0.1) is 0 Å². The maximum absolute atomic E-state index is 12.0. The predicted octanol–water partition coefficient (Wildman–Crippen LogP) is 1.72. The number of hydrogen-bond donors (Lipinski definition) is 0. The Morgan fingerprint density at radius 3 is 2.76 bits per heavy atom. The number of amides is 1. The molecule has 0 bridgehead atoms. The molecule has 1 aliphatic rings. The van der Waals surface area contributed by atoms with E-state index in [-0.39, 0.29) is 25.1 Å². The van der Waals surface area contributed by atoms with E-state index in [4.69, 9.17) is 9.47 Å². The Balaban J connectivity index is 2.03. The van der Waals surface area contributed by atoms with Gasteiger partial charge in [-0.2, -0.15) is 0 Å². The molecule has 0 aromatic heterocycles. The summed E-state index contributed by atoms with van der Waals surface area (Å²) in [6.07, 6.45) is 0.582. The van der Waals surface area contributed by atoms with Crippen LogP contribution in [0.5, 0.6) is 11.5 Å². The molecule has 0 saturated carbocycles. The van der Waals surface area contributed by atoms with E-state index in [1.807, 2.05) is 18.2 Å². The normalized spacial score (nSPS) is 12.1. The monoisotopic (exact) mass is 293 g/mol. The molecule has 21 heavy (non-hydrogen) atoms. The van der Waals surface area contributed by atoms with Crippen molar-refractivity contribution in [2.45, 2.75) is 26.3 Å². The fourth-order valence-corrected chi connectivity index (χ4v) is 2.10. The van der Waals surface area contributed by atoms with Gasteiger partial charge in [-0.1, -0.05) is 13.0 Å². The Kier molecular flexibility index (Phi) is 5.03. The highest BCUT2D eigenvalue weighted by Gasteiger charge is 2.17. The summed E-state index contributed by atoms with van der Waals surface area (Å²) in [7, 11) is 1.34. The number of benzene rings is 1. The van der Waals surface area contributed by atoms with Crippen LogP contribution in [0.25, 0.3) is 0 Å². The molecular weight excluding hydrogens is 274 g/mol. The lowest BCUT2D eigenvalue weighted by Crippen LogP contribution is -2.32. The fourth-order valence-electron chi connectivity index (χ4n) is 2.10. The summed E-state index contributed by atoms with van der Waals surface area (Å²) in [5.41, 5.74) is 0.936. The van der Waals surface area contributed by atoms with Gasteiger partial charge >= 0.3 is 5.97 Å². The summed E-state index contributed by atoms with van der Waals surface area (Å²) in [5, 5.41) is 0. The predicted molar refractivity (Wildman–Crippen MR) is 74.9 cm³/mol. The van der Waals surface area contributed by atoms with Crippen molar-refractivity contribution >= 4 is 11.9 Å². The van der Waals surface area contributed by atoms with Gasteiger partial charge in [0.05, 0.1) is 13.5 Å². The second-order valence-electron chi connectivity index (χ2n) is 4.68. The Bertz CT molecular complexity index is 529. The number of fused-ring (bicyclic) bond motifs is 1. The van der Waals surface area contributed by atoms with E-state index in [9.17, 15) is 9.59 Å². The maximum Gasteiger partial charge on any atom is 0.307 e. The van der Waals surface area contributed by atoms with Crippen molar-refractivity contribution in [3.63, 3.8) is 0 Å². The van der Waals surface area contributed by atoms with Crippen LogP contribution in [0.3, 0.4) is 0 Å². The third-order valence-electron chi connectivity index (χ3n) is 3.28. The number of carbonyl (C=O) groups excluding carboxylic acids is 2. The van der Waals surface area contributed by atoms with Gasteiger partial charge in [0.2, 0.25) is 12.7 Å². The molecule has 1 amide bonds. The van der Waals surface area contributed by atoms with E-state index in [0.29, 0.717) is 31.0 Å². The van der Waals surface area contributed by atoms with Gasteiger partial charge in [0.1, 0.15) is 0 Å². The molecule has 1 aromatic rings. The van der Waals surface area contributed by atoms with E-state index >= 15 is 0 Å².